The van der Waals surface area contributed by atoms with E-state index in [0.29, 0.717) is 18.9 Å². The third kappa shape index (κ3) is 4.94. The summed E-state index contributed by atoms with van der Waals surface area (Å²) in [5, 5.41) is 7.20. The third-order valence-corrected chi connectivity index (χ3v) is 5.70. The molecule has 27 heavy (non-hydrogen) atoms. The van der Waals surface area contributed by atoms with Crippen molar-refractivity contribution in [2.75, 3.05) is 25.0 Å². The van der Waals surface area contributed by atoms with Crippen molar-refractivity contribution < 1.29 is 9.53 Å². The first kappa shape index (κ1) is 19.5. The summed E-state index contributed by atoms with van der Waals surface area (Å²) in [5.74, 6) is 0.418. The van der Waals surface area contributed by atoms with E-state index >= 15 is 0 Å². The van der Waals surface area contributed by atoms with Gasteiger partial charge in [-0.15, -0.1) is 0 Å². The van der Waals surface area contributed by atoms with Gasteiger partial charge in [-0.3, -0.25) is 4.79 Å². The smallest absolute Gasteiger partial charge is 0.306 e. The molecule has 0 aromatic heterocycles. The summed E-state index contributed by atoms with van der Waals surface area (Å²) in [4.78, 5) is 11.6. The van der Waals surface area contributed by atoms with E-state index in [1.165, 1.54) is 40.8 Å². The van der Waals surface area contributed by atoms with Gasteiger partial charge < -0.3 is 15.4 Å². The molecule has 1 saturated heterocycles. The molecule has 1 aromatic carbocycles. The number of anilines is 1. The molecule has 0 radical (unpaired) electrons. The van der Waals surface area contributed by atoms with Gasteiger partial charge in [0, 0.05) is 36.8 Å². The molecule has 4 nitrogen and oxygen atoms in total. The molecule has 1 aromatic rings. The number of benzene rings is 1. The van der Waals surface area contributed by atoms with Crippen LogP contribution in [0.25, 0.3) is 0 Å². The van der Waals surface area contributed by atoms with E-state index in [9.17, 15) is 4.79 Å². The molecular weight excluding hydrogens is 336 g/mol. The van der Waals surface area contributed by atoms with Crippen LogP contribution in [-0.2, 0) is 16.0 Å². The molecule has 3 rings (SSSR count). The summed E-state index contributed by atoms with van der Waals surface area (Å²) in [6, 6.07) is 6.44. The summed E-state index contributed by atoms with van der Waals surface area (Å²) >= 11 is 0. The van der Waals surface area contributed by atoms with Crippen LogP contribution in [0.3, 0.4) is 0 Å². The zero-order chi connectivity index (χ0) is 19.2. The second-order valence-corrected chi connectivity index (χ2v) is 7.58. The van der Waals surface area contributed by atoms with E-state index in [1.807, 2.05) is 6.92 Å². The zero-order valence-corrected chi connectivity index (χ0v) is 16.9. The fourth-order valence-electron chi connectivity index (χ4n) is 4.03. The number of hydrogen-bond acceptors (Lipinski definition) is 4. The summed E-state index contributed by atoms with van der Waals surface area (Å²) in [6.07, 6.45) is 7.18. The molecule has 0 saturated carbocycles. The fourth-order valence-corrected chi connectivity index (χ4v) is 4.03. The highest BCUT2D eigenvalue weighted by Crippen LogP contribution is 2.33. The van der Waals surface area contributed by atoms with E-state index in [0.717, 1.165) is 31.6 Å². The van der Waals surface area contributed by atoms with Gasteiger partial charge in [0.15, 0.2) is 0 Å². The number of carbonyl (C=O) groups excluding carboxylic acids is 1. The molecule has 1 unspecified atom stereocenters. The molecule has 1 atom stereocenters. The zero-order valence-electron chi connectivity index (χ0n) is 16.9. The first-order valence-corrected chi connectivity index (χ1v) is 10.2. The van der Waals surface area contributed by atoms with E-state index < -0.39 is 0 Å². The first-order valence-electron chi connectivity index (χ1n) is 10.2. The predicted molar refractivity (Wildman–Crippen MR) is 111 cm³/mol. The van der Waals surface area contributed by atoms with Crippen molar-refractivity contribution in [1.82, 2.24) is 5.32 Å². The molecule has 1 aliphatic heterocycles. The Bertz CT molecular complexity index is 749. The molecule has 1 heterocycles. The van der Waals surface area contributed by atoms with E-state index in [1.54, 1.807) is 0 Å². The topological polar surface area (TPSA) is 50.4 Å². The van der Waals surface area contributed by atoms with Crippen molar-refractivity contribution in [3.8, 4) is 0 Å². The van der Waals surface area contributed by atoms with Crippen molar-refractivity contribution in [2.45, 2.75) is 52.9 Å². The Hall–Kier alpha value is -2.23. The lowest BCUT2D eigenvalue weighted by atomic mass is 9.84. The summed E-state index contributed by atoms with van der Waals surface area (Å²) in [6.45, 7) is 8.72. The highest BCUT2D eigenvalue weighted by molar-refractivity contribution is 5.69. The number of nitrogens with one attached hydrogen (secondary N) is 2. The van der Waals surface area contributed by atoms with Crippen molar-refractivity contribution in [3.05, 3.63) is 52.2 Å². The number of fused-ring (bicyclic) bond motifs is 1. The van der Waals surface area contributed by atoms with Crippen LogP contribution in [0.5, 0.6) is 0 Å². The summed E-state index contributed by atoms with van der Waals surface area (Å²) < 4.78 is 5.02. The molecule has 1 fully saturated rings. The monoisotopic (exact) mass is 368 g/mol. The lowest BCUT2D eigenvalue weighted by molar-refractivity contribution is -0.143. The Morgan fingerprint density at radius 2 is 2.19 bits per heavy atom. The minimum Gasteiger partial charge on any atom is -0.466 e. The number of rotatable bonds is 7. The Balaban J connectivity index is 1.56. The maximum Gasteiger partial charge on any atom is 0.306 e. The van der Waals surface area contributed by atoms with Crippen LogP contribution < -0.4 is 10.6 Å². The molecule has 0 amide bonds. The number of carbonyl (C=O) groups is 1. The third-order valence-electron chi connectivity index (χ3n) is 5.70. The van der Waals surface area contributed by atoms with Gasteiger partial charge in [-0.2, -0.15) is 0 Å². The maximum atomic E-state index is 11.6. The van der Waals surface area contributed by atoms with Crippen LogP contribution >= 0.6 is 0 Å². The van der Waals surface area contributed by atoms with Crippen LogP contribution in [-0.4, -0.2) is 25.7 Å². The molecule has 2 N–H and O–H groups in total. The van der Waals surface area contributed by atoms with Gasteiger partial charge in [0.05, 0.1) is 6.61 Å². The van der Waals surface area contributed by atoms with E-state index in [-0.39, 0.29) is 5.97 Å². The molecular formula is C23H32N2O2. The van der Waals surface area contributed by atoms with Gasteiger partial charge in [0.2, 0.25) is 0 Å². The van der Waals surface area contributed by atoms with Gasteiger partial charge in [-0.1, -0.05) is 12.1 Å². The van der Waals surface area contributed by atoms with Crippen molar-refractivity contribution in [3.63, 3.8) is 0 Å². The van der Waals surface area contributed by atoms with Crippen molar-refractivity contribution in [2.24, 2.45) is 5.92 Å². The number of allylic oxidation sites excluding steroid dienone is 2. The second-order valence-electron chi connectivity index (χ2n) is 7.58. The van der Waals surface area contributed by atoms with E-state index in [2.05, 4.69) is 48.8 Å². The minimum absolute atomic E-state index is 0.122. The second kappa shape index (κ2) is 9.12. The number of aryl methyl sites for hydroxylation is 2. The van der Waals surface area contributed by atoms with Crippen LogP contribution in [0.15, 0.2) is 41.1 Å². The Labute approximate surface area is 163 Å². The Morgan fingerprint density at radius 3 is 2.96 bits per heavy atom. The lowest BCUT2D eigenvalue weighted by Gasteiger charge is -2.31. The molecule has 2 aliphatic rings. The highest BCUT2D eigenvalue weighted by atomic mass is 16.5. The van der Waals surface area contributed by atoms with Crippen LogP contribution in [0.1, 0.15) is 50.7 Å². The normalized spacial score (nSPS) is 19.1. The molecule has 146 valence electrons. The lowest BCUT2D eigenvalue weighted by Crippen LogP contribution is -2.29. The largest absolute Gasteiger partial charge is 0.466 e. The van der Waals surface area contributed by atoms with Crippen molar-refractivity contribution >= 4 is 11.7 Å². The number of esters is 1. The number of ether oxygens (including phenoxy) is 1. The van der Waals surface area contributed by atoms with Crippen LogP contribution in [0.2, 0.25) is 0 Å². The van der Waals surface area contributed by atoms with Crippen LogP contribution in [0, 0.1) is 12.8 Å². The highest BCUT2D eigenvalue weighted by Gasteiger charge is 2.23. The summed E-state index contributed by atoms with van der Waals surface area (Å²) in [7, 11) is 0. The van der Waals surface area contributed by atoms with Crippen molar-refractivity contribution in [1.29, 1.82) is 0 Å². The Morgan fingerprint density at radius 1 is 1.33 bits per heavy atom. The predicted octanol–water partition coefficient (Wildman–Crippen LogP) is 4.51. The van der Waals surface area contributed by atoms with Crippen LogP contribution in [0.4, 0.5) is 5.69 Å². The standard InChI is InChI=1S/C23H32N2O2/c1-4-27-22(26)12-10-18-9-11-21(14-16(18)2)25-15-20-8-7-19-6-5-13-24-23(19)17(20)3/h7,9,11,14,20,24-25H,4-6,8,10,12-13,15H2,1-3H3. The van der Waals surface area contributed by atoms with Gasteiger partial charge in [0.25, 0.3) is 0 Å². The summed E-state index contributed by atoms with van der Waals surface area (Å²) in [5.41, 5.74) is 7.98. The molecule has 1 aliphatic carbocycles. The number of hydrogen-bond donors (Lipinski definition) is 2. The van der Waals surface area contributed by atoms with Gasteiger partial charge in [-0.25, -0.2) is 0 Å². The van der Waals surface area contributed by atoms with Gasteiger partial charge in [0.1, 0.15) is 0 Å². The molecule has 4 heteroatoms. The average molecular weight is 369 g/mol. The minimum atomic E-state index is -0.122. The van der Waals surface area contributed by atoms with E-state index in [4.69, 9.17) is 4.74 Å². The number of piperidine rings is 1. The maximum absolute atomic E-state index is 11.6. The SMILES string of the molecule is CCOC(=O)CCc1ccc(NCC2CC=C3CCCNC3=C2C)cc1C. The average Bonchev–Trinajstić information content (AvgIpc) is 2.67. The quantitative estimate of drug-likeness (QED) is 0.696. The van der Waals surface area contributed by atoms with Gasteiger partial charge >= 0.3 is 5.97 Å². The Kier molecular flexibility index (Phi) is 6.59. The fraction of sp³-hybridized carbons (Fsp3) is 0.522. The molecule has 0 bridgehead atoms. The first-order chi connectivity index (χ1) is 13.1. The molecule has 0 spiro atoms. The van der Waals surface area contributed by atoms with Gasteiger partial charge in [-0.05, 0) is 80.9 Å².